The highest BCUT2D eigenvalue weighted by Gasteiger charge is 2.06. The minimum Gasteiger partial charge on any atom is -0.346 e. The van der Waals surface area contributed by atoms with E-state index in [0.29, 0.717) is 5.56 Å². The van der Waals surface area contributed by atoms with Gasteiger partial charge in [0.05, 0.1) is 0 Å². The van der Waals surface area contributed by atoms with Gasteiger partial charge >= 0.3 is 0 Å². The molecule has 2 heteroatoms. The summed E-state index contributed by atoms with van der Waals surface area (Å²) in [6.07, 6.45) is 4.00. The first-order valence-corrected chi connectivity index (χ1v) is 6.76. The molecule has 0 fully saturated rings. The summed E-state index contributed by atoms with van der Waals surface area (Å²) >= 11 is 0. The lowest BCUT2D eigenvalue weighted by atomic mass is 10.1. The summed E-state index contributed by atoms with van der Waals surface area (Å²) in [4.78, 5) is 12.0. The molecule has 0 aliphatic heterocycles. The van der Waals surface area contributed by atoms with Crippen molar-refractivity contribution in [1.29, 1.82) is 0 Å². The van der Waals surface area contributed by atoms with Crippen LogP contribution in [-0.4, -0.2) is 11.9 Å². The monoisotopic (exact) mass is 265 g/mol. The number of carbonyl (C=O) groups excluding carboxylic acids is 1. The lowest BCUT2D eigenvalue weighted by Gasteiger charge is -2.10. The van der Waals surface area contributed by atoms with Gasteiger partial charge < -0.3 is 5.32 Å². The molecular formula is C18H19NO. The summed E-state index contributed by atoms with van der Waals surface area (Å²) < 4.78 is 0. The summed E-state index contributed by atoms with van der Waals surface area (Å²) in [5.41, 5.74) is 2.97. The molecule has 1 atom stereocenters. The summed E-state index contributed by atoms with van der Waals surface area (Å²) in [6, 6.07) is 17.6. The maximum absolute atomic E-state index is 12.0. The average molecular weight is 265 g/mol. The summed E-state index contributed by atoms with van der Waals surface area (Å²) in [7, 11) is 0. The molecule has 2 aromatic carbocycles. The van der Waals surface area contributed by atoms with Crippen LogP contribution in [0.4, 0.5) is 0 Å². The molecule has 0 unspecified atom stereocenters. The van der Waals surface area contributed by atoms with Crippen molar-refractivity contribution in [3.63, 3.8) is 0 Å². The van der Waals surface area contributed by atoms with Gasteiger partial charge in [-0.25, -0.2) is 0 Å². The Morgan fingerprint density at radius 3 is 2.35 bits per heavy atom. The fraction of sp³-hybridized carbons (Fsp3) is 0.167. The van der Waals surface area contributed by atoms with E-state index in [2.05, 4.69) is 5.32 Å². The van der Waals surface area contributed by atoms with Gasteiger partial charge in [0.25, 0.3) is 5.91 Å². The molecular weight excluding hydrogens is 246 g/mol. The third-order valence-corrected chi connectivity index (χ3v) is 3.05. The van der Waals surface area contributed by atoms with Crippen LogP contribution in [0, 0.1) is 6.92 Å². The van der Waals surface area contributed by atoms with Crippen LogP contribution in [0.3, 0.4) is 0 Å². The smallest absolute Gasteiger partial charge is 0.251 e. The zero-order valence-electron chi connectivity index (χ0n) is 11.8. The number of hydrogen-bond acceptors (Lipinski definition) is 1. The minimum absolute atomic E-state index is 0.0102. The van der Waals surface area contributed by atoms with Crippen LogP contribution in [0.5, 0.6) is 0 Å². The van der Waals surface area contributed by atoms with E-state index in [4.69, 9.17) is 0 Å². The Morgan fingerprint density at radius 1 is 1.05 bits per heavy atom. The topological polar surface area (TPSA) is 29.1 Å². The number of aryl methyl sites for hydroxylation is 1. The predicted molar refractivity (Wildman–Crippen MR) is 83.6 cm³/mol. The normalized spacial score (nSPS) is 12.3. The quantitative estimate of drug-likeness (QED) is 0.894. The van der Waals surface area contributed by atoms with E-state index < -0.39 is 0 Å². The average Bonchev–Trinajstić information content (AvgIpc) is 2.47. The third kappa shape index (κ3) is 4.09. The van der Waals surface area contributed by atoms with Crippen LogP contribution in [0.1, 0.15) is 28.4 Å². The lowest BCUT2D eigenvalue weighted by molar-refractivity contribution is 0.0947. The van der Waals surface area contributed by atoms with Crippen molar-refractivity contribution in [2.45, 2.75) is 19.9 Å². The third-order valence-electron chi connectivity index (χ3n) is 3.05. The molecule has 0 spiro atoms. The lowest BCUT2D eigenvalue weighted by Crippen LogP contribution is -2.30. The van der Waals surface area contributed by atoms with Gasteiger partial charge in [0.1, 0.15) is 0 Å². The van der Waals surface area contributed by atoms with Gasteiger partial charge in [-0.3, -0.25) is 4.79 Å². The van der Waals surface area contributed by atoms with E-state index in [1.807, 2.05) is 80.6 Å². The van der Waals surface area contributed by atoms with E-state index in [1.165, 1.54) is 0 Å². The van der Waals surface area contributed by atoms with E-state index in [0.717, 1.165) is 11.1 Å². The second-order valence-corrected chi connectivity index (χ2v) is 4.90. The van der Waals surface area contributed by atoms with Crippen molar-refractivity contribution in [3.05, 3.63) is 77.4 Å². The summed E-state index contributed by atoms with van der Waals surface area (Å²) in [6.45, 7) is 3.97. The van der Waals surface area contributed by atoms with Gasteiger partial charge in [-0.05, 0) is 31.5 Å². The zero-order valence-corrected chi connectivity index (χ0v) is 11.8. The number of benzene rings is 2. The minimum atomic E-state index is -0.0461. The Labute approximate surface area is 120 Å². The molecule has 0 aliphatic rings. The molecule has 0 radical (unpaired) electrons. The van der Waals surface area contributed by atoms with Gasteiger partial charge in [-0.2, -0.15) is 0 Å². The number of nitrogens with one attached hydrogen (secondary N) is 1. The number of hydrogen-bond donors (Lipinski definition) is 1. The Balaban J connectivity index is 1.94. The van der Waals surface area contributed by atoms with Crippen molar-refractivity contribution in [2.24, 2.45) is 0 Å². The molecule has 20 heavy (non-hydrogen) atoms. The molecule has 0 aromatic heterocycles. The van der Waals surface area contributed by atoms with Crippen molar-refractivity contribution < 1.29 is 4.79 Å². The molecule has 1 amide bonds. The van der Waals surface area contributed by atoms with Crippen molar-refractivity contribution in [2.75, 3.05) is 0 Å². The fourth-order valence-electron chi connectivity index (χ4n) is 1.86. The molecule has 0 bridgehead atoms. The first-order chi connectivity index (χ1) is 9.65. The van der Waals surface area contributed by atoms with Crippen molar-refractivity contribution in [1.82, 2.24) is 5.32 Å². The summed E-state index contributed by atoms with van der Waals surface area (Å²) in [5.74, 6) is -0.0461. The molecule has 2 nitrogen and oxygen atoms in total. The molecule has 0 heterocycles. The molecule has 1 N–H and O–H groups in total. The van der Waals surface area contributed by atoms with E-state index in [-0.39, 0.29) is 11.9 Å². The standard InChI is InChI=1S/C18H19NO/c1-14-8-12-17(13-9-14)18(20)19-15(2)10-11-16-6-4-3-5-7-16/h3-13,15H,1-2H3,(H,19,20)/b11-10+/t15-/m1/s1. The highest BCUT2D eigenvalue weighted by molar-refractivity contribution is 5.94. The largest absolute Gasteiger partial charge is 0.346 e. The van der Waals surface area contributed by atoms with E-state index >= 15 is 0 Å². The van der Waals surface area contributed by atoms with Crippen molar-refractivity contribution in [3.8, 4) is 0 Å². The first-order valence-electron chi connectivity index (χ1n) is 6.76. The number of rotatable bonds is 4. The zero-order chi connectivity index (χ0) is 14.4. The van der Waals surface area contributed by atoms with Crippen LogP contribution in [-0.2, 0) is 0 Å². The second-order valence-electron chi connectivity index (χ2n) is 4.90. The first kappa shape index (κ1) is 14.1. The predicted octanol–water partition coefficient (Wildman–Crippen LogP) is 3.83. The maximum atomic E-state index is 12.0. The highest BCUT2D eigenvalue weighted by Crippen LogP contribution is 2.05. The Bertz CT molecular complexity index is 585. The SMILES string of the molecule is Cc1ccc(C(=O)N[C@H](C)/C=C/c2ccccc2)cc1. The number of carbonyl (C=O) groups is 1. The Hall–Kier alpha value is -2.35. The fourth-order valence-corrected chi connectivity index (χ4v) is 1.86. The van der Waals surface area contributed by atoms with Crippen molar-refractivity contribution >= 4 is 12.0 Å². The van der Waals surface area contributed by atoms with Crippen LogP contribution in [0.25, 0.3) is 6.08 Å². The number of amides is 1. The molecule has 2 rings (SSSR count). The molecule has 2 aromatic rings. The second kappa shape index (κ2) is 6.71. The van der Waals surface area contributed by atoms with Gasteiger partial charge in [-0.15, -0.1) is 0 Å². The van der Waals surface area contributed by atoms with Crippen LogP contribution in [0.2, 0.25) is 0 Å². The van der Waals surface area contributed by atoms with E-state index in [9.17, 15) is 4.79 Å². The molecule has 0 saturated carbocycles. The van der Waals surface area contributed by atoms with Gasteiger partial charge in [0, 0.05) is 11.6 Å². The van der Waals surface area contributed by atoms with Crippen LogP contribution >= 0.6 is 0 Å². The van der Waals surface area contributed by atoms with Gasteiger partial charge in [0.15, 0.2) is 0 Å². The van der Waals surface area contributed by atoms with Crippen LogP contribution < -0.4 is 5.32 Å². The maximum Gasteiger partial charge on any atom is 0.251 e. The summed E-state index contributed by atoms with van der Waals surface area (Å²) in [5, 5.41) is 2.96. The van der Waals surface area contributed by atoms with Gasteiger partial charge in [-0.1, -0.05) is 60.2 Å². The van der Waals surface area contributed by atoms with E-state index in [1.54, 1.807) is 0 Å². The molecule has 102 valence electrons. The molecule has 0 aliphatic carbocycles. The molecule has 0 saturated heterocycles. The van der Waals surface area contributed by atoms with Gasteiger partial charge in [0.2, 0.25) is 0 Å². The van der Waals surface area contributed by atoms with Crippen LogP contribution in [0.15, 0.2) is 60.7 Å². The Morgan fingerprint density at radius 2 is 1.70 bits per heavy atom. The Kier molecular flexibility index (Phi) is 4.72. The highest BCUT2D eigenvalue weighted by atomic mass is 16.1.